The molecular formula is C8H15F. The van der Waals surface area contributed by atoms with Gasteiger partial charge >= 0.3 is 0 Å². The van der Waals surface area contributed by atoms with Crippen molar-refractivity contribution >= 4 is 0 Å². The maximum absolute atomic E-state index is 12.8. The minimum atomic E-state index is -0.520. The van der Waals surface area contributed by atoms with Crippen LogP contribution in [-0.4, -0.2) is 6.17 Å². The highest BCUT2D eigenvalue weighted by atomic mass is 19.1. The van der Waals surface area contributed by atoms with Crippen LogP contribution in [0.4, 0.5) is 4.39 Å². The molecule has 0 amide bonds. The summed E-state index contributed by atoms with van der Waals surface area (Å²) in [5, 5.41) is 0. The molecule has 1 aliphatic carbocycles. The van der Waals surface area contributed by atoms with Crippen LogP contribution in [0.3, 0.4) is 0 Å². The summed E-state index contributed by atoms with van der Waals surface area (Å²) in [4.78, 5) is 0. The molecule has 0 saturated heterocycles. The van der Waals surface area contributed by atoms with Crippen LogP contribution in [0.1, 0.15) is 33.1 Å². The van der Waals surface area contributed by atoms with E-state index in [-0.39, 0.29) is 0 Å². The fourth-order valence-corrected chi connectivity index (χ4v) is 1.52. The van der Waals surface area contributed by atoms with Crippen molar-refractivity contribution in [3.63, 3.8) is 0 Å². The van der Waals surface area contributed by atoms with Gasteiger partial charge in [0.2, 0.25) is 0 Å². The van der Waals surface area contributed by atoms with Crippen molar-refractivity contribution in [2.75, 3.05) is 0 Å². The Morgan fingerprint density at radius 2 is 1.89 bits per heavy atom. The van der Waals surface area contributed by atoms with E-state index >= 15 is 0 Å². The molecule has 1 fully saturated rings. The first-order valence-electron chi connectivity index (χ1n) is 3.86. The van der Waals surface area contributed by atoms with Crippen LogP contribution >= 0.6 is 0 Å². The van der Waals surface area contributed by atoms with E-state index in [1.807, 2.05) is 6.92 Å². The van der Waals surface area contributed by atoms with Crippen molar-refractivity contribution in [1.82, 2.24) is 0 Å². The molecule has 0 aromatic rings. The van der Waals surface area contributed by atoms with Gasteiger partial charge in [-0.05, 0) is 18.3 Å². The van der Waals surface area contributed by atoms with Gasteiger partial charge < -0.3 is 0 Å². The van der Waals surface area contributed by atoms with Crippen molar-refractivity contribution in [2.45, 2.75) is 39.3 Å². The minimum Gasteiger partial charge on any atom is -0.247 e. The van der Waals surface area contributed by atoms with E-state index < -0.39 is 6.17 Å². The lowest BCUT2D eigenvalue weighted by atomic mass is 9.80. The van der Waals surface area contributed by atoms with E-state index in [0.29, 0.717) is 11.8 Å². The molecule has 9 heavy (non-hydrogen) atoms. The number of alkyl halides is 1. The quantitative estimate of drug-likeness (QED) is 0.473. The average molecular weight is 130 g/mol. The van der Waals surface area contributed by atoms with Gasteiger partial charge in [0.1, 0.15) is 6.17 Å². The lowest BCUT2D eigenvalue weighted by Crippen LogP contribution is -2.24. The number of hydrogen-bond acceptors (Lipinski definition) is 0. The van der Waals surface area contributed by atoms with Crippen LogP contribution in [0.5, 0.6) is 0 Å². The van der Waals surface area contributed by atoms with E-state index in [0.717, 1.165) is 12.8 Å². The molecule has 0 radical (unpaired) electrons. The molecule has 0 nitrogen and oxygen atoms in total. The highest BCUT2D eigenvalue weighted by Crippen LogP contribution is 2.31. The van der Waals surface area contributed by atoms with Crippen LogP contribution in [0.15, 0.2) is 0 Å². The first-order chi connectivity index (χ1) is 4.22. The molecule has 0 aliphatic heterocycles. The van der Waals surface area contributed by atoms with Gasteiger partial charge in [-0.3, -0.25) is 0 Å². The molecule has 3 atom stereocenters. The van der Waals surface area contributed by atoms with Gasteiger partial charge in [0.05, 0.1) is 0 Å². The number of hydrogen-bond donors (Lipinski definition) is 0. The second kappa shape index (κ2) is 2.68. The van der Waals surface area contributed by atoms with Gasteiger partial charge in [0, 0.05) is 0 Å². The third kappa shape index (κ3) is 1.44. The minimum absolute atomic E-state index is 0.304. The third-order valence-electron chi connectivity index (χ3n) is 2.61. The summed E-state index contributed by atoms with van der Waals surface area (Å²) in [5.41, 5.74) is 0. The van der Waals surface area contributed by atoms with Crippen LogP contribution < -0.4 is 0 Å². The smallest absolute Gasteiger partial charge is 0.103 e. The number of rotatable bonds is 0. The van der Waals surface area contributed by atoms with Gasteiger partial charge in [0.25, 0.3) is 0 Å². The third-order valence-corrected chi connectivity index (χ3v) is 2.61. The van der Waals surface area contributed by atoms with Crippen LogP contribution in [0.25, 0.3) is 0 Å². The molecule has 54 valence electrons. The second-order valence-corrected chi connectivity index (χ2v) is 3.28. The largest absolute Gasteiger partial charge is 0.247 e. The summed E-state index contributed by atoms with van der Waals surface area (Å²) in [7, 11) is 0. The zero-order valence-electron chi connectivity index (χ0n) is 6.23. The van der Waals surface area contributed by atoms with Gasteiger partial charge in [0.15, 0.2) is 0 Å². The summed E-state index contributed by atoms with van der Waals surface area (Å²) in [5.74, 6) is 0.910. The average Bonchev–Trinajstić information content (AvgIpc) is 1.83. The molecule has 0 N–H and O–H groups in total. The van der Waals surface area contributed by atoms with Crippen molar-refractivity contribution in [3.8, 4) is 0 Å². The number of halogens is 1. The molecule has 1 saturated carbocycles. The van der Waals surface area contributed by atoms with Gasteiger partial charge in [-0.15, -0.1) is 0 Å². The Bertz CT molecular complexity index is 80.6. The predicted octanol–water partition coefficient (Wildman–Crippen LogP) is 2.78. The Kier molecular flexibility index (Phi) is 2.09. The summed E-state index contributed by atoms with van der Waals surface area (Å²) < 4.78 is 12.8. The van der Waals surface area contributed by atoms with Gasteiger partial charge in [-0.2, -0.15) is 0 Å². The summed E-state index contributed by atoms with van der Waals surface area (Å²) in [6.45, 7) is 4.17. The Balaban J connectivity index is 2.41. The Hall–Kier alpha value is -0.0700. The first kappa shape index (κ1) is 7.04. The second-order valence-electron chi connectivity index (χ2n) is 3.28. The Morgan fingerprint density at radius 1 is 1.22 bits per heavy atom. The zero-order valence-corrected chi connectivity index (χ0v) is 6.23. The molecule has 0 heterocycles. The Morgan fingerprint density at radius 3 is 2.33 bits per heavy atom. The predicted molar refractivity (Wildman–Crippen MR) is 37.1 cm³/mol. The Labute approximate surface area is 56.5 Å². The normalized spacial score (nSPS) is 45.0. The summed E-state index contributed by atoms with van der Waals surface area (Å²) in [6.07, 6.45) is 2.59. The maximum Gasteiger partial charge on any atom is 0.103 e. The first-order valence-corrected chi connectivity index (χ1v) is 3.86. The SMILES string of the molecule is CC1CCCC(F)[C@@H]1C. The van der Waals surface area contributed by atoms with Gasteiger partial charge in [-0.25, -0.2) is 4.39 Å². The fourth-order valence-electron chi connectivity index (χ4n) is 1.52. The van der Waals surface area contributed by atoms with Crippen LogP contribution in [0, 0.1) is 11.8 Å². The zero-order chi connectivity index (χ0) is 6.85. The molecule has 0 bridgehead atoms. The van der Waals surface area contributed by atoms with Crippen LogP contribution in [0.2, 0.25) is 0 Å². The lowest BCUT2D eigenvalue weighted by molar-refractivity contribution is 0.130. The molecule has 0 aromatic carbocycles. The highest BCUT2D eigenvalue weighted by molar-refractivity contribution is 4.75. The van der Waals surface area contributed by atoms with E-state index in [2.05, 4.69) is 6.92 Å². The van der Waals surface area contributed by atoms with E-state index in [9.17, 15) is 4.39 Å². The van der Waals surface area contributed by atoms with E-state index in [1.165, 1.54) is 6.42 Å². The monoisotopic (exact) mass is 130 g/mol. The molecule has 1 rings (SSSR count). The fraction of sp³-hybridized carbons (Fsp3) is 1.00. The van der Waals surface area contributed by atoms with Gasteiger partial charge in [-0.1, -0.05) is 26.7 Å². The molecular weight excluding hydrogens is 115 g/mol. The molecule has 1 aliphatic rings. The van der Waals surface area contributed by atoms with Crippen molar-refractivity contribution < 1.29 is 4.39 Å². The molecule has 1 heteroatoms. The van der Waals surface area contributed by atoms with E-state index in [4.69, 9.17) is 0 Å². The summed E-state index contributed by atoms with van der Waals surface area (Å²) >= 11 is 0. The molecule has 0 spiro atoms. The van der Waals surface area contributed by atoms with Crippen molar-refractivity contribution in [3.05, 3.63) is 0 Å². The standard InChI is InChI=1S/C8H15F/c1-6-4-3-5-8(9)7(6)2/h6-8H,3-5H2,1-2H3/t6?,7-,8?/m1/s1. The van der Waals surface area contributed by atoms with Crippen molar-refractivity contribution in [2.24, 2.45) is 11.8 Å². The highest BCUT2D eigenvalue weighted by Gasteiger charge is 2.26. The lowest BCUT2D eigenvalue weighted by Gasteiger charge is -2.28. The van der Waals surface area contributed by atoms with E-state index in [1.54, 1.807) is 0 Å². The van der Waals surface area contributed by atoms with Crippen molar-refractivity contribution in [1.29, 1.82) is 0 Å². The summed E-state index contributed by atoms with van der Waals surface area (Å²) in [6, 6.07) is 0. The molecule has 2 unspecified atom stereocenters. The topological polar surface area (TPSA) is 0 Å². The van der Waals surface area contributed by atoms with Crippen LogP contribution in [-0.2, 0) is 0 Å². The maximum atomic E-state index is 12.8. The molecule has 0 aromatic heterocycles.